The van der Waals surface area contributed by atoms with E-state index in [0.717, 1.165) is 15.4 Å². The summed E-state index contributed by atoms with van der Waals surface area (Å²) < 4.78 is 6.30. The van der Waals surface area contributed by atoms with Gasteiger partial charge in [-0.2, -0.15) is 0 Å². The Morgan fingerprint density at radius 3 is 2.62 bits per heavy atom. The Morgan fingerprint density at radius 1 is 1.46 bits per heavy atom. The minimum atomic E-state index is 0.179. The molecule has 0 atom stereocenters. The van der Waals surface area contributed by atoms with Gasteiger partial charge in [0.2, 0.25) is 0 Å². The summed E-state index contributed by atoms with van der Waals surface area (Å²) in [5.74, 6) is 0.799. The van der Waals surface area contributed by atoms with Crippen LogP contribution in [0.15, 0.2) is 21.8 Å². The molecule has 0 unspecified atom stereocenters. The van der Waals surface area contributed by atoms with Crippen LogP contribution in [0.25, 0.3) is 0 Å². The first-order valence-corrected chi connectivity index (χ1v) is 6.02. The summed E-state index contributed by atoms with van der Waals surface area (Å²) in [6.07, 6.45) is 2.18. The van der Waals surface area contributed by atoms with Gasteiger partial charge in [-0.05, 0) is 48.2 Å². The van der Waals surface area contributed by atoms with Crippen molar-refractivity contribution in [3.05, 3.63) is 16.7 Å². The van der Waals surface area contributed by atoms with Gasteiger partial charge in [-0.3, -0.25) is 0 Å². The molecule has 1 aromatic heterocycles. The van der Waals surface area contributed by atoms with E-state index in [9.17, 15) is 0 Å². The third-order valence-corrected chi connectivity index (χ3v) is 2.57. The third kappa shape index (κ3) is 3.19. The summed E-state index contributed by atoms with van der Waals surface area (Å²) in [6, 6.07) is 3.88. The van der Waals surface area contributed by atoms with Gasteiger partial charge in [0.1, 0.15) is 4.60 Å². The molecule has 0 aliphatic rings. The molecule has 0 radical (unpaired) electrons. The van der Waals surface area contributed by atoms with Gasteiger partial charge in [-0.15, -0.1) is 11.8 Å². The van der Waals surface area contributed by atoms with Crippen LogP contribution in [0.2, 0.25) is 0 Å². The Kier molecular flexibility index (Phi) is 4.06. The largest absolute Gasteiger partial charge is 0.488 e. The molecule has 0 aromatic carbocycles. The molecule has 1 aromatic rings. The fourth-order valence-corrected chi connectivity index (χ4v) is 1.78. The molecular weight excluding hydrogens is 250 g/mol. The van der Waals surface area contributed by atoms with Crippen molar-refractivity contribution in [3.8, 4) is 5.75 Å². The molecule has 0 aliphatic heterocycles. The Balaban J connectivity index is 2.85. The van der Waals surface area contributed by atoms with Crippen LogP contribution in [-0.4, -0.2) is 17.3 Å². The summed E-state index contributed by atoms with van der Waals surface area (Å²) in [7, 11) is 0. The van der Waals surface area contributed by atoms with Gasteiger partial charge in [0.15, 0.2) is 5.75 Å². The lowest BCUT2D eigenvalue weighted by atomic mass is 10.4. The molecular formula is C9H12BrNOS. The van der Waals surface area contributed by atoms with Crippen molar-refractivity contribution in [2.24, 2.45) is 0 Å². The zero-order valence-electron chi connectivity index (χ0n) is 7.87. The molecule has 0 amide bonds. The van der Waals surface area contributed by atoms with Crippen molar-refractivity contribution in [1.82, 2.24) is 4.98 Å². The lowest BCUT2D eigenvalue weighted by Gasteiger charge is -2.10. The number of pyridine rings is 1. The molecule has 1 heterocycles. The van der Waals surface area contributed by atoms with Crippen molar-refractivity contribution in [3.63, 3.8) is 0 Å². The molecule has 13 heavy (non-hydrogen) atoms. The molecule has 4 heteroatoms. The van der Waals surface area contributed by atoms with E-state index in [1.807, 2.05) is 32.2 Å². The second-order valence-corrected chi connectivity index (χ2v) is 4.39. The van der Waals surface area contributed by atoms with Crippen molar-refractivity contribution >= 4 is 27.7 Å². The van der Waals surface area contributed by atoms with Crippen molar-refractivity contribution in [2.75, 3.05) is 6.26 Å². The standard InChI is InChI=1S/C9H12BrNOS/c1-6(2)12-7-4-5-8(13-3)11-9(7)10/h4-6H,1-3H3. The van der Waals surface area contributed by atoms with Crippen LogP contribution in [0.5, 0.6) is 5.75 Å². The Bertz CT molecular complexity index is 291. The van der Waals surface area contributed by atoms with Crippen molar-refractivity contribution < 1.29 is 4.74 Å². The smallest absolute Gasteiger partial charge is 0.152 e. The SMILES string of the molecule is CSc1ccc(OC(C)C)c(Br)n1. The van der Waals surface area contributed by atoms with Crippen LogP contribution >= 0.6 is 27.7 Å². The summed E-state index contributed by atoms with van der Waals surface area (Å²) in [4.78, 5) is 4.30. The first-order chi connectivity index (χ1) is 6.13. The predicted molar refractivity (Wildman–Crippen MR) is 59.5 cm³/mol. The van der Waals surface area contributed by atoms with Gasteiger partial charge in [-0.25, -0.2) is 4.98 Å². The van der Waals surface area contributed by atoms with Crippen LogP contribution in [0, 0.1) is 0 Å². The zero-order chi connectivity index (χ0) is 9.84. The minimum absolute atomic E-state index is 0.179. The Hall–Kier alpha value is -0.220. The highest BCUT2D eigenvalue weighted by Crippen LogP contribution is 2.26. The monoisotopic (exact) mass is 261 g/mol. The average Bonchev–Trinajstić information content (AvgIpc) is 2.08. The van der Waals surface area contributed by atoms with Crippen LogP contribution in [0.3, 0.4) is 0 Å². The fourth-order valence-electron chi connectivity index (χ4n) is 0.860. The highest BCUT2D eigenvalue weighted by Gasteiger charge is 2.05. The van der Waals surface area contributed by atoms with Crippen LogP contribution in [0.4, 0.5) is 0 Å². The van der Waals surface area contributed by atoms with Gasteiger partial charge >= 0.3 is 0 Å². The maximum absolute atomic E-state index is 5.53. The first kappa shape index (κ1) is 10.9. The summed E-state index contributed by atoms with van der Waals surface area (Å²) in [5, 5.41) is 0.989. The topological polar surface area (TPSA) is 22.1 Å². The molecule has 72 valence electrons. The van der Waals surface area contributed by atoms with Gasteiger partial charge in [-0.1, -0.05) is 0 Å². The third-order valence-electron chi connectivity index (χ3n) is 1.36. The van der Waals surface area contributed by atoms with E-state index in [-0.39, 0.29) is 6.10 Å². The molecule has 0 fully saturated rings. The highest BCUT2D eigenvalue weighted by molar-refractivity contribution is 9.10. The second kappa shape index (κ2) is 4.86. The number of thioether (sulfide) groups is 1. The van der Waals surface area contributed by atoms with Gasteiger partial charge in [0.05, 0.1) is 11.1 Å². The molecule has 2 nitrogen and oxygen atoms in total. The number of rotatable bonds is 3. The minimum Gasteiger partial charge on any atom is -0.488 e. The number of hydrogen-bond acceptors (Lipinski definition) is 3. The molecule has 0 bridgehead atoms. The predicted octanol–water partition coefficient (Wildman–Crippen LogP) is 3.35. The van der Waals surface area contributed by atoms with Gasteiger partial charge < -0.3 is 4.74 Å². The molecule has 0 saturated carbocycles. The number of halogens is 1. The second-order valence-electron chi connectivity index (χ2n) is 2.81. The average molecular weight is 262 g/mol. The quantitative estimate of drug-likeness (QED) is 0.616. The molecule has 0 aliphatic carbocycles. The van der Waals surface area contributed by atoms with E-state index >= 15 is 0 Å². The van der Waals surface area contributed by atoms with Crippen LogP contribution in [0.1, 0.15) is 13.8 Å². The molecule has 0 spiro atoms. The normalized spacial score (nSPS) is 10.5. The van der Waals surface area contributed by atoms with Gasteiger partial charge in [0, 0.05) is 0 Å². The Morgan fingerprint density at radius 2 is 2.15 bits per heavy atom. The van der Waals surface area contributed by atoms with E-state index in [0.29, 0.717) is 0 Å². The zero-order valence-corrected chi connectivity index (χ0v) is 10.3. The highest BCUT2D eigenvalue weighted by atomic mass is 79.9. The van der Waals surface area contributed by atoms with E-state index in [1.165, 1.54) is 0 Å². The number of hydrogen-bond donors (Lipinski definition) is 0. The van der Waals surface area contributed by atoms with Crippen LogP contribution in [-0.2, 0) is 0 Å². The van der Waals surface area contributed by atoms with E-state index < -0.39 is 0 Å². The van der Waals surface area contributed by atoms with Crippen molar-refractivity contribution in [2.45, 2.75) is 25.0 Å². The molecule has 0 saturated heterocycles. The van der Waals surface area contributed by atoms with Crippen molar-refractivity contribution in [1.29, 1.82) is 0 Å². The lowest BCUT2D eigenvalue weighted by molar-refractivity contribution is 0.239. The first-order valence-electron chi connectivity index (χ1n) is 4.00. The fraction of sp³-hybridized carbons (Fsp3) is 0.444. The number of nitrogens with zero attached hydrogens (tertiary/aromatic N) is 1. The van der Waals surface area contributed by atoms with Crippen LogP contribution < -0.4 is 4.74 Å². The van der Waals surface area contributed by atoms with E-state index in [4.69, 9.17) is 4.74 Å². The maximum atomic E-state index is 5.53. The van der Waals surface area contributed by atoms with E-state index in [2.05, 4.69) is 20.9 Å². The lowest BCUT2D eigenvalue weighted by Crippen LogP contribution is -2.06. The van der Waals surface area contributed by atoms with Gasteiger partial charge in [0.25, 0.3) is 0 Å². The Labute approximate surface area is 91.2 Å². The van der Waals surface area contributed by atoms with E-state index in [1.54, 1.807) is 11.8 Å². The number of aromatic nitrogens is 1. The molecule has 1 rings (SSSR count). The summed E-state index contributed by atoms with van der Waals surface area (Å²) in [6.45, 7) is 3.99. The summed E-state index contributed by atoms with van der Waals surface area (Å²) >= 11 is 4.98. The summed E-state index contributed by atoms with van der Waals surface area (Å²) in [5.41, 5.74) is 0. The number of ether oxygens (including phenoxy) is 1. The maximum Gasteiger partial charge on any atom is 0.152 e. The molecule has 0 N–H and O–H groups in total.